The van der Waals surface area contributed by atoms with Gasteiger partial charge in [0.1, 0.15) is 0 Å². The fourth-order valence-corrected chi connectivity index (χ4v) is 5.19. The number of aromatic nitrogens is 3. The summed E-state index contributed by atoms with van der Waals surface area (Å²) < 4.78 is 29.3. The fraction of sp³-hybridized carbons (Fsp3) is 0.300. The van der Waals surface area contributed by atoms with Gasteiger partial charge < -0.3 is 4.57 Å². The third-order valence-electron chi connectivity index (χ3n) is 4.86. The molecule has 140 valence electrons. The van der Waals surface area contributed by atoms with E-state index in [-0.39, 0.29) is 11.1 Å². The molecule has 0 amide bonds. The molecule has 1 aliphatic rings. The van der Waals surface area contributed by atoms with Crippen LogP contribution in [-0.2, 0) is 23.5 Å². The summed E-state index contributed by atoms with van der Waals surface area (Å²) in [5.41, 5.74) is 2.94. The monoisotopic (exact) mass is 382 g/mol. The largest absolute Gasteiger partial charge is 0.339 e. The summed E-state index contributed by atoms with van der Waals surface area (Å²) in [5.74, 6) is 0. The van der Waals surface area contributed by atoms with Crippen LogP contribution < -0.4 is 0 Å². The Bertz CT molecular complexity index is 1030. The molecule has 3 heterocycles. The van der Waals surface area contributed by atoms with Crippen LogP contribution in [0.25, 0.3) is 0 Å². The maximum atomic E-state index is 13.0. The van der Waals surface area contributed by atoms with Gasteiger partial charge >= 0.3 is 0 Å². The molecule has 0 bridgehead atoms. The Morgan fingerprint density at radius 3 is 2.67 bits per heavy atom. The lowest BCUT2D eigenvalue weighted by Crippen LogP contribution is -2.31. The molecule has 4 rings (SSSR count). The highest BCUT2D eigenvalue weighted by Gasteiger charge is 2.38. The lowest BCUT2D eigenvalue weighted by atomic mass is 10.1. The predicted octanol–water partition coefficient (Wildman–Crippen LogP) is 2.93. The Morgan fingerprint density at radius 1 is 1.11 bits per heavy atom. The number of pyridine rings is 1. The van der Waals surface area contributed by atoms with Gasteiger partial charge in [0.2, 0.25) is 0 Å². The van der Waals surface area contributed by atoms with Crippen LogP contribution in [0.4, 0.5) is 0 Å². The number of aryl methyl sites for hydroxylation is 1. The lowest BCUT2D eigenvalue weighted by molar-refractivity contribution is 0.388. The normalized spacial score (nSPS) is 18.0. The van der Waals surface area contributed by atoms with Crippen molar-refractivity contribution in [2.24, 2.45) is 7.05 Å². The summed E-state index contributed by atoms with van der Waals surface area (Å²) in [6, 6.07) is 15.8. The predicted molar refractivity (Wildman–Crippen MR) is 103 cm³/mol. The zero-order valence-corrected chi connectivity index (χ0v) is 16.0. The third-order valence-corrected chi connectivity index (χ3v) is 6.65. The molecule has 0 aliphatic carbocycles. The first-order chi connectivity index (χ1) is 13.0. The van der Waals surface area contributed by atoms with Crippen molar-refractivity contribution in [1.29, 1.82) is 0 Å². The number of benzene rings is 1. The minimum Gasteiger partial charge on any atom is -0.339 e. The van der Waals surface area contributed by atoms with E-state index in [9.17, 15) is 8.42 Å². The van der Waals surface area contributed by atoms with Gasteiger partial charge in [-0.2, -0.15) is 4.31 Å². The molecule has 1 aromatic carbocycles. The first-order valence-corrected chi connectivity index (χ1v) is 10.5. The van der Waals surface area contributed by atoms with Gasteiger partial charge in [-0.15, -0.1) is 0 Å². The van der Waals surface area contributed by atoms with Gasteiger partial charge in [-0.1, -0.05) is 36.4 Å². The van der Waals surface area contributed by atoms with Crippen molar-refractivity contribution in [3.05, 3.63) is 78.0 Å². The molecule has 2 aromatic heterocycles. The highest BCUT2D eigenvalue weighted by molar-refractivity contribution is 7.89. The van der Waals surface area contributed by atoms with Crippen LogP contribution in [0.3, 0.4) is 0 Å². The first kappa shape index (κ1) is 17.9. The van der Waals surface area contributed by atoms with Crippen LogP contribution in [0.1, 0.15) is 35.8 Å². The van der Waals surface area contributed by atoms with Gasteiger partial charge in [0, 0.05) is 31.9 Å². The number of imidazole rings is 1. The molecule has 27 heavy (non-hydrogen) atoms. The molecular formula is C20H22N4O2S. The van der Waals surface area contributed by atoms with E-state index in [1.807, 2.05) is 36.4 Å². The lowest BCUT2D eigenvalue weighted by Gasteiger charge is -2.23. The van der Waals surface area contributed by atoms with Crippen LogP contribution in [0.2, 0.25) is 0 Å². The number of hydrogen-bond donors (Lipinski definition) is 0. The second-order valence-electron chi connectivity index (χ2n) is 6.87. The summed E-state index contributed by atoms with van der Waals surface area (Å²) in [6.45, 7) is 0.494. The SMILES string of the molecule is Cn1cnc(S(=O)(=O)N2CCCC2c2cccc(Cc3ccccc3)n2)c1. The van der Waals surface area contributed by atoms with Gasteiger partial charge in [-0.3, -0.25) is 4.98 Å². The number of hydrogen-bond acceptors (Lipinski definition) is 4. The topological polar surface area (TPSA) is 68.1 Å². The Hall–Kier alpha value is -2.51. The molecule has 1 aliphatic heterocycles. The Morgan fingerprint density at radius 2 is 1.93 bits per heavy atom. The molecule has 7 heteroatoms. The quantitative estimate of drug-likeness (QED) is 0.680. The number of rotatable bonds is 5. The Labute approximate surface area is 159 Å². The standard InChI is InChI=1S/C20H22N4O2S/c1-23-14-20(21-15-23)27(25,26)24-12-6-11-19(24)18-10-5-9-17(22-18)13-16-7-3-2-4-8-16/h2-5,7-10,14-15,19H,6,11-13H2,1H3. The van der Waals surface area contributed by atoms with Gasteiger partial charge in [0.25, 0.3) is 10.0 Å². The van der Waals surface area contributed by atoms with E-state index in [2.05, 4.69) is 17.1 Å². The van der Waals surface area contributed by atoms with Crippen LogP contribution in [0.5, 0.6) is 0 Å². The fourth-order valence-electron chi connectivity index (χ4n) is 3.55. The van der Waals surface area contributed by atoms with Crippen LogP contribution in [-0.4, -0.2) is 33.8 Å². The highest BCUT2D eigenvalue weighted by Crippen LogP contribution is 2.35. The van der Waals surface area contributed by atoms with Crippen molar-refractivity contribution in [3.63, 3.8) is 0 Å². The highest BCUT2D eigenvalue weighted by atomic mass is 32.2. The van der Waals surface area contributed by atoms with Gasteiger partial charge in [0.15, 0.2) is 5.03 Å². The molecule has 0 N–H and O–H groups in total. The zero-order chi connectivity index (χ0) is 18.9. The Balaban J connectivity index is 1.61. The summed E-state index contributed by atoms with van der Waals surface area (Å²) in [6.07, 6.45) is 5.38. The van der Waals surface area contributed by atoms with Gasteiger partial charge in [-0.25, -0.2) is 13.4 Å². The molecule has 0 radical (unpaired) electrons. The van der Waals surface area contributed by atoms with Crippen molar-refractivity contribution >= 4 is 10.0 Å². The maximum Gasteiger partial charge on any atom is 0.262 e. The maximum absolute atomic E-state index is 13.0. The molecule has 3 aromatic rings. The second-order valence-corrected chi connectivity index (χ2v) is 8.70. The van der Waals surface area contributed by atoms with Crippen molar-refractivity contribution < 1.29 is 8.42 Å². The molecular weight excluding hydrogens is 360 g/mol. The molecule has 6 nitrogen and oxygen atoms in total. The van der Waals surface area contributed by atoms with E-state index in [1.54, 1.807) is 22.1 Å². The van der Waals surface area contributed by atoms with Crippen molar-refractivity contribution in [2.75, 3.05) is 6.54 Å². The smallest absolute Gasteiger partial charge is 0.262 e. The van der Waals surface area contributed by atoms with E-state index in [1.165, 1.54) is 11.9 Å². The van der Waals surface area contributed by atoms with Crippen molar-refractivity contribution in [3.8, 4) is 0 Å². The molecule has 0 spiro atoms. The molecule has 1 unspecified atom stereocenters. The summed E-state index contributed by atoms with van der Waals surface area (Å²) in [7, 11) is -1.86. The zero-order valence-electron chi connectivity index (χ0n) is 15.2. The molecule has 1 atom stereocenters. The summed E-state index contributed by atoms with van der Waals surface area (Å²) in [4.78, 5) is 8.83. The van der Waals surface area contributed by atoms with E-state index in [4.69, 9.17) is 4.98 Å². The summed E-state index contributed by atoms with van der Waals surface area (Å²) >= 11 is 0. The van der Waals surface area contributed by atoms with Gasteiger partial charge in [0.05, 0.1) is 18.1 Å². The minimum absolute atomic E-state index is 0.0948. The van der Waals surface area contributed by atoms with Crippen LogP contribution in [0, 0.1) is 0 Å². The molecule has 1 fully saturated rings. The third kappa shape index (κ3) is 3.65. The van der Waals surface area contributed by atoms with Crippen molar-refractivity contribution in [2.45, 2.75) is 30.3 Å². The van der Waals surface area contributed by atoms with E-state index in [0.29, 0.717) is 6.54 Å². The van der Waals surface area contributed by atoms with E-state index >= 15 is 0 Å². The average Bonchev–Trinajstić information content (AvgIpc) is 3.32. The van der Waals surface area contributed by atoms with Crippen LogP contribution in [0.15, 0.2) is 66.1 Å². The second kappa shape index (κ2) is 7.25. The number of nitrogens with zero attached hydrogens (tertiary/aromatic N) is 4. The molecule has 1 saturated heterocycles. The van der Waals surface area contributed by atoms with Crippen LogP contribution >= 0.6 is 0 Å². The van der Waals surface area contributed by atoms with E-state index in [0.717, 1.165) is 30.7 Å². The number of sulfonamides is 1. The first-order valence-electron chi connectivity index (χ1n) is 9.03. The van der Waals surface area contributed by atoms with Gasteiger partial charge in [-0.05, 0) is 30.5 Å². The molecule has 0 saturated carbocycles. The minimum atomic E-state index is -3.63. The van der Waals surface area contributed by atoms with Crippen molar-refractivity contribution in [1.82, 2.24) is 18.8 Å². The average molecular weight is 382 g/mol. The summed E-state index contributed by atoms with van der Waals surface area (Å²) in [5, 5.41) is 0.0948. The Kier molecular flexibility index (Phi) is 4.80. The van der Waals surface area contributed by atoms with E-state index < -0.39 is 10.0 Å².